The van der Waals surface area contributed by atoms with Gasteiger partial charge in [-0.15, -0.1) is 0 Å². The van der Waals surface area contributed by atoms with E-state index in [0.717, 1.165) is 64.2 Å². The minimum Gasteiger partial charge on any atom is -0.462 e. The molecule has 0 aliphatic carbocycles. The number of unbranched alkanes of at least 4 members (excludes halogenated alkanes) is 11. The summed E-state index contributed by atoms with van der Waals surface area (Å²) in [5, 5.41) is 0. The van der Waals surface area contributed by atoms with Gasteiger partial charge >= 0.3 is 19.8 Å². The Morgan fingerprint density at radius 1 is 0.582 bits per heavy atom. The number of phosphoric acid groups is 1. The predicted octanol–water partition coefficient (Wildman–Crippen LogP) is 11.4. The first kappa shape index (κ1) is 51.9. The summed E-state index contributed by atoms with van der Waals surface area (Å²) in [6.07, 6.45) is 47.4. The maximum atomic E-state index is 12.6. The van der Waals surface area contributed by atoms with Crippen LogP contribution < -0.4 is 0 Å². The largest absolute Gasteiger partial charge is 0.472 e. The molecule has 55 heavy (non-hydrogen) atoms. The van der Waals surface area contributed by atoms with Crippen molar-refractivity contribution in [2.45, 2.75) is 129 Å². The molecular formula is C45H75NO8P+. The van der Waals surface area contributed by atoms with Gasteiger partial charge < -0.3 is 18.9 Å². The van der Waals surface area contributed by atoms with Crippen molar-refractivity contribution in [1.29, 1.82) is 0 Å². The number of allylic oxidation sites excluding steroid dienone is 16. The van der Waals surface area contributed by atoms with E-state index >= 15 is 0 Å². The number of rotatable bonds is 35. The third-order valence-electron chi connectivity index (χ3n) is 8.04. The number of nitrogens with zero attached hydrogens (tertiary/aromatic N) is 1. The van der Waals surface area contributed by atoms with Crippen LogP contribution in [-0.4, -0.2) is 74.9 Å². The standard InChI is InChI=1S/C45H74NO8P/c1-6-8-10-12-14-16-18-20-21-22-23-24-26-27-29-31-33-35-37-44(47)51-41-43(42-53-55(49,50)52-40-39-46(3,4)5)54-45(48)38-36-34-32-30-28-25-19-17-15-13-11-9-7-2/h9,11,13-25,28,43H,6-8,10,12,26-27,29-42H2,1-5H3/p+1/b11-9+,15-13+,16-14+,19-17+,20-18+,22-21+,24-23+,28-25+. The van der Waals surface area contributed by atoms with Gasteiger partial charge in [-0.05, 0) is 57.8 Å². The number of hydrogen-bond donors (Lipinski definition) is 1. The number of ether oxygens (including phenoxy) is 2. The molecule has 0 amide bonds. The number of likely N-dealkylation sites (N-methyl/N-ethyl adjacent to an activating group) is 1. The highest BCUT2D eigenvalue weighted by Crippen LogP contribution is 2.43. The van der Waals surface area contributed by atoms with E-state index in [4.69, 9.17) is 18.5 Å². The number of quaternary nitrogens is 1. The van der Waals surface area contributed by atoms with E-state index in [9.17, 15) is 19.0 Å². The molecule has 0 radical (unpaired) electrons. The Bertz CT molecular complexity index is 1260. The first-order valence-corrected chi connectivity index (χ1v) is 22.1. The van der Waals surface area contributed by atoms with Gasteiger partial charge in [-0.3, -0.25) is 18.6 Å². The second-order valence-electron chi connectivity index (χ2n) is 14.5. The van der Waals surface area contributed by atoms with E-state index < -0.39 is 32.5 Å². The maximum Gasteiger partial charge on any atom is 0.472 e. The Morgan fingerprint density at radius 2 is 1.04 bits per heavy atom. The summed E-state index contributed by atoms with van der Waals surface area (Å²) < 4.78 is 34.1. The molecule has 0 aromatic heterocycles. The molecule has 0 heterocycles. The van der Waals surface area contributed by atoms with Crippen molar-refractivity contribution in [3.8, 4) is 0 Å². The Labute approximate surface area is 334 Å². The minimum absolute atomic E-state index is 0.0132. The normalized spacial score (nSPS) is 14.7. The summed E-state index contributed by atoms with van der Waals surface area (Å²) in [6.45, 7) is 4.12. The van der Waals surface area contributed by atoms with Crippen molar-refractivity contribution in [2.75, 3.05) is 47.5 Å². The first-order chi connectivity index (χ1) is 26.5. The zero-order chi connectivity index (χ0) is 40.7. The third kappa shape index (κ3) is 40.4. The average Bonchev–Trinajstić information content (AvgIpc) is 3.13. The maximum absolute atomic E-state index is 12.6. The molecule has 0 aromatic carbocycles. The molecule has 1 N–H and O–H groups in total. The molecule has 0 spiro atoms. The number of phosphoric ester groups is 1. The van der Waals surface area contributed by atoms with Crippen LogP contribution in [0.1, 0.15) is 123 Å². The molecular weight excluding hydrogens is 713 g/mol. The van der Waals surface area contributed by atoms with Crippen LogP contribution in [0.5, 0.6) is 0 Å². The molecule has 0 saturated heterocycles. The van der Waals surface area contributed by atoms with Crippen LogP contribution >= 0.6 is 7.82 Å². The highest BCUT2D eigenvalue weighted by Gasteiger charge is 2.27. The van der Waals surface area contributed by atoms with Crippen molar-refractivity contribution in [3.05, 3.63) is 97.2 Å². The highest BCUT2D eigenvalue weighted by molar-refractivity contribution is 7.47. The zero-order valence-corrected chi connectivity index (χ0v) is 35.8. The molecule has 0 aliphatic heterocycles. The van der Waals surface area contributed by atoms with E-state index in [2.05, 4.69) is 56.4 Å². The summed E-state index contributed by atoms with van der Waals surface area (Å²) in [5.41, 5.74) is 0. The number of carbonyl (C=O) groups is 2. The Kier molecular flexibility index (Phi) is 34.5. The summed E-state index contributed by atoms with van der Waals surface area (Å²) in [7, 11) is 1.41. The third-order valence-corrected chi connectivity index (χ3v) is 9.02. The predicted molar refractivity (Wildman–Crippen MR) is 228 cm³/mol. The minimum atomic E-state index is -4.40. The van der Waals surface area contributed by atoms with Crippen molar-refractivity contribution in [3.63, 3.8) is 0 Å². The Hall–Kier alpha value is -3.07. The fourth-order valence-electron chi connectivity index (χ4n) is 4.80. The van der Waals surface area contributed by atoms with Crippen molar-refractivity contribution in [1.82, 2.24) is 0 Å². The number of hydrogen-bond acceptors (Lipinski definition) is 7. The molecule has 9 nitrogen and oxygen atoms in total. The van der Waals surface area contributed by atoms with Gasteiger partial charge in [0.15, 0.2) is 6.10 Å². The second-order valence-corrected chi connectivity index (χ2v) is 15.9. The number of carbonyl (C=O) groups excluding carboxylic acids is 2. The van der Waals surface area contributed by atoms with E-state index in [1.54, 1.807) is 0 Å². The van der Waals surface area contributed by atoms with Gasteiger partial charge in [0.25, 0.3) is 0 Å². The van der Waals surface area contributed by atoms with Crippen LogP contribution in [0.25, 0.3) is 0 Å². The topological polar surface area (TPSA) is 108 Å². The highest BCUT2D eigenvalue weighted by atomic mass is 31.2. The lowest BCUT2D eigenvalue weighted by Crippen LogP contribution is -2.37. The van der Waals surface area contributed by atoms with Crippen molar-refractivity contribution in [2.24, 2.45) is 0 Å². The molecule has 0 aliphatic rings. The van der Waals surface area contributed by atoms with Crippen molar-refractivity contribution < 1.29 is 42.1 Å². The van der Waals surface area contributed by atoms with E-state index in [1.165, 1.54) is 19.3 Å². The first-order valence-electron chi connectivity index (χ1n) is 20.6. The van der Waals surface area contributed by atoms with Gasteiger partial charge in [0.05, 0.1) is 27.7 Å². The molecule has 2 atom stereocenters. The molecule has 0 saturated carbocycles. The fourth-order valence-corrected chi connectivity index (χ4v) is 5.54. The fraction of sp³-hybridized carbons (Fsp3) is 0.600. The van der Waals surface area contributed by atoms with Crippen LogP contribution in [-0.2, 0) is 32.7 Å². The summed E-state index contributed by atoms with van der Waals surface area (Å²) in [4.78, 5) is 35.3. The SMILES string of the molecule is CC/C=C/C=C/C=C/C=C/CCCCCC(=O)OC(COC(=O)CCCCCCC/C=C/C=C/C=C/C=C/CCCCC)COP(=O)(O)OCC[N+](C)(C)C. The molecule has 0 rings (SSSR count). The Balaban J connectivity index is 4.52. The van der Waals surface area contributed by atoms with E-state index in [-0.39, 0.29) is 26.1 Å². The monoisotopic (exact) mass is 789 g/mol. The molecule has 0 aromatic rings. The van der Waals surface area contributed by atoms with Gasteiger partial charge in [-0.25, -0.2) is 4.57 Å². The van der Waals surface area contributed by atoms with E-state index in [0.29, 0.717) is 23.9 Å². The zero-order valence-electron chi connectivity index (χ0n) is 34.9. The number of esters is 2. The molecule has 0 bridgehead atoms. The van der Waals surface area contributed by atoms with Crippen LogP contribution in [0.3, 0.4) is 0 Å². The van der Waals surface area contributed by atoms with Gasteiger partial charge in [0, 0.05) is 12.8 Å². The summed E-state index contributed by atoms with van der Waals surface area (Å²) >= 11 is 0. The van der Waals surface area contributed by atoms with Gasteiger partial charge in [0.2, 0.25) is 0 Å². The lowest BCUT2D eigenvalue weighted by atomic mass is 10.1. The van der Waals surface area contributed by atoms with Crippen LogP contribution in [0.4, 0.5) is 0 Å². The van der Waals surface area contributed by atoms with E-state index in [1.807, 2.05) is 75.8 Å². The molecule has 0 fully saturated rings. The Morgan fingerprint density at radius 3 is 1.56 bits per heavy atom. The smallest absolute Gasteiger partial charge is 0.462 e. The molecule has 2 unspecified atom stereocenters. The second kappa shape index (κ2) is 36.6. The quantitative estimate of drug-likeness (QED) is 0.0222. The van der Waals surface area contributed by atoms with Crippen molar-refractivity contribution >= 4 is 19.8 Å². The van der Waals surface area contributed by atoms with Crippen LogP contribution in [0.15, 0.2) is 97.2 Å². The van der Waals surface area contributed by atoms with Gasteiger partial charge in [-0.2, -0.15) is 0 Å². The lowest BCUT2D eigenvalue weighted by molar-refractivity contribution is -0.870. The molecule has 10 heteroatoms. The summed E-state index contributed by atoms with van der Waals surface area (Å²) in [5.74, 6) is -0.884. The average molecular weight is 789 g/mol. The van der Waals surface area contributed by atoms with Gasteiger partial charge in [-0.1, -0.05) is 150 Å². The van der Waals surface area contributed by atoms with Crippen LogP contribution in [0, 0.1) is 0 Å². The van der Waals surface area contributed by atoms with Gasteiger partial charge in [0.1, 0.15) is 19.8 Å². The summed E-state index contributed by atoms with van der Waals surface area (Å²) in [6, 6.07) is 0. The molecule has 312 valence electrons. The van der Waals surface area contributed by atoms with Crippen LogP contribution in [0.2, 0.25) is 0 Å². The lowest BCUT2D eigenvalue weighted by Gasteiger charge is -2.24.